The van der Waals surface area contributed by atoms with E-state index in [1.54, 1.807) is 6.20 Å². The SMILES string of the molecule is CC1(C)/C(=C/c2ccc3cnccc3c2)C(=O)c2ccccc21. The number of carbonyl (C=O) groups is 1. The van der Waals surface area contributed by atoms with Crippen LogP contribution in [0.25, 0.3) is 16.8 Å². The third-order valence-electron chi connectivity index (χ3n) is 4.74. The summed E-state index contributed by atoms with van der Waals surface area (Å²) in [4.78, 5) is 16.9. The van der Waals surface area contributed by atoms with E-state index in [9.17, 15) is 4.79 Å². The average molecular weight is 299 g/mol. The summed E-state index contributed by atoms with van der Waals surface area (Å²) in [6.07, 6.45) is 5.68. The normalized spacial score (nSPS) is 17.7. The summed E-state index contributed by atoms with van der Waals surface area (Å²) in [5.41, 5.74) is 3.58. The molecule has 0 saturated heterocycles. The number of Topliss-reactive ketones (excluding diaryl/α,β-unsaturated/α-hetero) is 1. The molecule has 0 amide bonds. The third-order valence-corrected chi connectivity index (χ3v) is 4.74. The zero-order chi connectivity index (χ0) is 16.0. The quantitative estimate of drug-likeness (QED) is 0.605. The summed E-state index contributed by atoms with van der Waals surface area (Å²) >= 11 is 0. The van der Waals surface area contributed by atoms with Crippen LogP contribution < -0.4 is 0 Å². The fraction of sp³-hybridized carbons (Fsp3) is 0.143. The van der Waals surface area contributed by atoms with Gasteiger partial charge in [0, 0.05) is 34.3 Å². The maximum Gasteiger partial charge on any atom is 0.190 e. The van der Waals surface area contributed by atoms with Gasteiger partial charge in [0.15, 0.2) is 5.78 Å². The number of pyridine rings is 1. The predicted molar refractivity (Wildman–Crippen MR) is 93.5 cm³/mol. The highest BCUT2D eigenvalue weighted by Crippen LogP contribution is 2.43. The molecule has 112 valence electrons. The fourth-order valence-corrected chi connectivity index (χ4v) is 3.40. The molecule has 0 aliphatic heterocycles. The van der Waals surface area contributed by atoms with Crippen LogP contribution in [0.5, 0.6) is 0 Å². The van der Waals surface area contributed by atoms with Gasteiger partial charge in [0.25, 0.3) is 0 Å². The Morgan fingerprint density at radius 3 is 2.65 bits per heavy atom. The van der Waals surface area contributed by atoms with E-state index in [0.29, 0.717) is 0 Å². The highest BCUT2D eigenvalue weighted by atomic mass is 16.1. The number of ketones is 1. The molecule has 0 spiro atoms. The number of hydrogen-bond acceptors (Lipinski definition) is 2. The van der Waals surface area contributed by atoms with Crippen molar-refractivity contribution in [1.29, 1.82) is 0 Å². The number of nitrogens with zero attached hydrogens (tertiary/aromatic N) is 1. The second kappa shape index (κ2) is 4.88. The maximum absolute atomic E-state index is 12.8. The molecule has 2 heteroatoms. The van der Waals surface area contributed by atoms with Crippen molar-refractivity contribution >= 4 is 22.6 Å². The molecule has 1 aromatic heterocycles. The van der Waals surface area contributed by atoms with Crippen molar-refractivity contribution in [1.82, 2.24) is 4.98 Å². The van der Waals surface area contributed by atoms with Gasteiger partial charge in [0.1, 0.15) is 0 Å². The summed E-state index contributed by atoms with van der Waals surface area (Å²) in [5.74, 6) is 0.139. The topological polar surface area (TPSA) is 30.0 Å². The minimum atomic E-state index is -0.263. The fourth-order valence-electron chi connectivity index (χ4n) is 3.40. The highest BCUT2D eigenvalue weighted by molar-refractivity contribution is 6.17. The molecule has 4 rings (SSSR count). The molecular weight excluding hydrogens is 282 g/mol. The molecule has 23 heavy (non-hydrogen) atoms. The summed E-state index contributed by atoms with van der Waals surface area (Å²) in [5, 5.41) is 2.24. The average Bonchev–Trinajstić information content (AvgIpc) is 2.76. The molecular formula is C21H17NO. The molecule has 0 atom stereocenters. The van der Waals surface area contributed by atoms with E-state index in [-0.39, 0.29) is 11.2 Å². The van der Waals surface area contributed by atoms with Crippen LogP contribution in [-0.2, 0) is 5.41 Å². The lowest BCUT2D eigenvalue weighted by atomic mass is 9.82. The van der Waals surface area contributed by atoms with E-state index in [1.807, 2.05) is 48.7 Å². The molecule has 0 fully saturated rings. The monoisotopic (exact) mass is 299 g/mol. The minimum Gasteiger partial charge on any atom is -0.289 e. The van der Waals surface area contributed by atoms with E-state index in [4.69, 9.17) is 0 Å². The number of carbonyl (C=O) groups excluding carboxylic acids is 1. The standard InChI is InChI=1S/C21H17NO/c1-21(2)18-6-4-3-5-17(18)20(23)19(21)12-14-7-8-16-13-22-10-9-15(16)11-14/h3-13H,1-2H3/b19-12+. The van der Waals surface area contributed by atoms with E-state index >= 15 is 0 Å². The van der Waals surface area contributed by atoms with Crippen LogP contribution in [0.3, 0.4) is 0 Å². The van der Waals surface area contributed by atoms with Gasteiger partial charge in [0.2, 0.25) is 0 Å². The van der Waals surface area contributed by atoms with Gasteiger partial charge in [-0.1, -0.05) is 50.2 Å². The van der Waals surface area contributed by atoms with Crippen LogP contribution in [0.15, 0.2) is 66.5 Å². The Bertz CT molecular complexity index is 966. The maximum atomic E-state index is 12.8. The summed E-state index contributed by atoms with van der Waals surface area (Å²) < 4.78 is 0. The molecule has 1 aliphatic carbocycles. The van der Waals surface area contributed by atoms with Crippen molar-refractivity contribution in [3.8, 4) is 0 Å². The van der Waals surface area contributed by atoms with E-state index in [2.05, 4.69) is 31.0 Å². The number of allylic oxidation sites excluding steroid dienone is 1. The number of aromatic nitrogens is 1. The molecule has 0 unspecified atom stereocenters. The number of rotatable bonds is 1. The Balaban J connectivity index is 1.86. The van der Waals surface area contributed by atoms with Crippen molar-refractivity contribution in [2.45, 2.75) is 19.3 Å². The number of hydrogen-bond donors (Lipinski definition) is 0. The van der Waals surface area contributed by atoms with Gasteiger partial charge in [0.05, 0.1) is 0 Å². The van der Waals surface area contributed by atoms with Crippen LogP contribution in [0.2, 0.25) is 0 Å². The first-order valence-electron chi connectivity index (χ1n) is 7.77. The molecule has 0 N–H and O–H groups in total. The first-order chi connectivity index (χ1) is 11.1. The van der Waals surface area contributed by atoms with Crippen LogP contribution >= 0.6 is 0 Å². The van der Waals surface area contributed by atoms with E-state index in [1.165, 1.54) is 0 Å². The number of benzene rings is 2. The molecule has 0 saturated carbocycles. The van der Waals surface area contributed by atoms with Crippen LogP contribution in [-0.4, -0.2) is 10.8 Å². The second-order valence-electron chi connectivity index (χ2n) is 6.54. The van der Waals surface area contributed by atoms with E-state index in [0.717, 1.165) is 33.0 Å². The zero-order valence-corrected chi connectivity index (χ0v) is 13.2. The molecule has 0 bridgehead atoms. The van der Waals surface area contributed by atoms with Gasteiger partial charge in [-0.05, 0) is 34.7 Å². The molecule has 3 aromatic rings. The minimum absolute atomic E-state index is 0.139. The smallest absolute Gasteiger partial charge is 0.190 e. The van der Waals surface area contributed by atoms with Gasteiger partial charge in [-0.15, -0.1) is 0 Å². The Kier molecular flexibility index (Phi) is 2.95. The first kappa shape index (κ1) is 13.9. The highest BCUT2D eigenvalue weighted by Gasteiger charge is 2.40. The Morgan fingerprint density at radius 2 is 1.83 bits per heavy atom. The van der Waals surface area contributed by atoms with E-state index < -0.39 is 0 Å². The predicted octanol–water partition coefficient (Wildman–Crippen LogP) is 4.79. The molecule has 2 nitrogen and oxygen atoms in total. The Hall–Kier alpha value is -2.74. The van der Waals surface area contributed by atoms with Crippen LogP contribution in [0, 0.1) is 0 Å². The van der Waals surface area contributed by atoms with Crippen LogP contribution in [0.1, 0.15) is 35.3 Å². The molecule has 0 radical (unpaired) electrons. The van der Waals surface area contributed by atoms with Crippen molar-refractivity contribution in [2.24, 2.45) is 0 Å². The van der Waals surface area contributed by atoms with Crippen molar-refractivity contribution < 1.29 is 4.79 Å². The molecule has 2 aromatic carbocycles. The summed E-state index contributed by atoms with van der Waals surface area (Å²) in [6, 6.07) is 16.1. The van der Waals surface area contributed by atoms with Crippen molar-refractivity contribution in [2.75, 3.05) is 0 Å². The number of fused-ring (bicyclic) bond motifs is 2. The van der Waals surface area contributed by atoms with Gasteiger partial charge in [-0.3, -0.25) is 9.78 Å². The van der Waals surface area contributed by atoms with Gasteiger partial charge in [-0.2, -0.15) is 0 Å². The second-order valence-corrected chi connectivity index (χ2v) is 6.54. The summed E-state index contributed by atoms with van der Waals surface area (Å²) in [6.45, 7) is 4.24. The zero-order valence-electron chi connectivity index (χ0n) is 13.2. The van der Waals surface area contributed by atoms with Gasteiger partial charge >= 0.3 is 0 Å². The van der Waals surface area contributed by atoms with Gasteiger partial charge < -0.3 is 0 Å². The Morgan fingerprint density at radius 1 is 1.00 bits per heavy atom. The van der Waals surface area contributed by atoms with Crippen LogP contribution in [0.4, 0.5) is 0 Å². The van der Waals surface area contributed by atoms with Gasteiger partial charge in [-0.25, -0.2) is 0 Å². The molecule has 1 aliphatic rings. The van der Waals surface area contributed by atoms with Crippen molar-refractivity contribution in [3.63, 3.8) is 0 Å². The lowest BCUT2D eigenvalue weighted by molar-refractivity contribution is 0.103. The first-order valence-corrected chi connectivity index (χ1v) is 7.77. The lowest BCUT2D eigenvalue weighted by Crippen LogP contribution is -2.16. The van der Waals surface area contributed by atoms with Crippen molar-refractivity contribution in [3.05, 3.63) is 83.2 Å². The third kappa shape index (κ3) is 2.10. The Labute approximate surface area is 135 Å². The summed E-state index contributed by atoms with van der Waals surface area (Å²) in [7, 11) is 0. The largest absolute Gasteiger partial charge is 0.289 e. The molecule has 1 heterocycles. The lowest BCUT2D eigenvalue weighted by Gasteiger charge is -2.20.